The van der Waals surface area contributed by atoms with Crippen LogP contribution in [0, 0.1) is 11.3 Å². The van der Waals surface area contributed by atoms with Crippen LogP contribution < -0.4 is 0 Å². The number of aliphatic hydroxyl groups is 5. The van der Waals surface area contributed by atoms with E-state index in [1.165, 1.54) is 34.6 Å². The Hall–Kier alpha value is -1.67. The molecular formula is C27H36O11. The van der Waals surface area contributed by atoms with Crippen LogP contribution in [0.5, 0.6) is 0 Å². The van der Waals surface area contributed by atoms with Crippen molar-refractivity contribution in [1.82, 2.24) is 0 Å². The third kappa shape index (κ3) is 2.68. The maximum atomic E-state index is 12.9. The van der Waals surface area contributed by atoms with Crippen molar-refractivity contribution in [1.29, 1.82) is 0 Å². The summed E-state index contributed by atoms with van der Waals surface area (Å²) in [6, 6.07) is 8.48. The first-order chi connectivity index (χ1) is 17.5. The molecule has 7 aliphatic rings. The minimum absolute atomic E-state index is 0.0894. The van der Waals surface area contributed by atoms with Gasteiger partial charge in [-0.2, -0.15) is 0 Å². The van der Waals surface area contributed by atoms with Gasteiger partial charge in [0.05, 0.1) is 23.7 Å². The molecule has 210 valence electrons. The molecule has 4 unspecified atom stereocenters. The number of aliphatic hydroxyl groups excluding tert-OH is 1. The lowest BCUT2D eigenvalue weighted by Gasteiger charge is -2.70. The summed E-state index contributed by atoms with van der Waals surface area (Å²) in [6.45, 7) is 5.81. The van der Waals surface area contributed by atoms with Crippen molar-refractivity contribution in [2.45, 2.75) is 99.4 Å². The van der Waals surface area contributed by atoms with Crippen LogP contribution in [0.3, 0.4) is 0 Å². The lowest BCUT2D eigenvalue weighted by atomic mass is 9.44. The molecule has 1 aromatic carbocycles. The molecule has 4 saturated heterocycles. The van der Waals surface area contributed by atoms with Crippen LogP contribution in [0.1, 0.15) is 57.8 Å². The summed E-state index contributed by atoms with van der Waals surface area (Å²) in [7, 11) is 0. The number of hydrogen-bond donors (Lipinski definition) is 5. The molecular weight excluding hydrogens is 500 g/mol. The van der Waals surface area contributed by atoms with Gasteiger partial charge in [-0.1, -0.05) is 18.2 Å². The van der Waals surface area contributed by atoms with E-state index in [1.807, 2.05) is 0 Å². The zero-order valence-electron chi connectivity index (χ0n) is 22.1. The van der Waals surface area contributed by atoms with E-state index < -0.39 is 75.9 Å². The third-order valence-electron chi connectivity index (χ3n) is 10.8. The summed E-state index contributed by atoms with van der Waals surface area (Å²) in [6.07, 6.45) is -1.31. The molecule has 7 fully saturated rings. The van der Waals surface area contributed by atoms with Gasteiger partial charge >= 0.3 is 5.97 Å². The van der Waals surface area contributed by atoms with Crippen LogP contribution in [0.4, 0.5) is 0 Å². The minimum Gasteiger partial charge on any atom is -0.461 e. The van der Waals surface area contributed by atoms with Crippen molar-refractivity contribution in [2.75, 3.05) is 13.2 Å². The van der Waals surface area contributed by atoms with Crippen LogP contribution in [-0.4, -0.2) is 96.7 Å². The fourth-order valence-electron chi connectivity index (χ4n) is 7.70. The SMILES string of the molecule is CC1(O)[C@](C)(O[C@@]23C[C@@H]4C2(COC(=O)c2ccccc2)C2O[C@H]3C[C@@]4(O)O2)OC(C)(CO)[C@@](C)(O)[C@@]1(C)O. The maximum absolute atomic E-state index is 12.9. The van der Waals surface area contributed by atoms with Gasteiger partial charge in [0.15, 0.2) is 17.9 Å². The monoisotopic (exact) mass is 536 g/mol. The van der Waals surface area contributed by atoms with Gasteiger partial charge in [-0.25, -0.2) is 4.79 Å². The summed E-state index contributed by atoms with van der Waals surface area (Å²) in [5.41, 5.74) is -10.3. The zero-order chi connectivity index (χ0) is 27.8. The first kappa shape index (κ1) is 26.5. The maximum Gasteiger partial charge on any atom is 0.338 e. The fourth-order valence-corrected chi connectivity index (χ4v) is 7.70. The predicted octanol–water partition coefficient (Wildman–Crippen LogP) is 0.203. The quantitative estimate of drug-likeness (QED) is 0.316. The molecule has 11 nitrogen and oxygen atoms in total. The molecule has 8 rings (SSSR count). The average molecular weight is 537 g/mol. The van der Waals surface area contributed by atoms with E-state index in [1.54, 1.807) is 30.3 Å². The normalized spacial score (nSPS) is 56.1. The van der Waals surface area contributed by atoms with Gasteiger partial charge in [0.25, 0.3) is 0 Å². The van der Waals surface area contributed by atoms with E-state index in [2.05, 4.69) is 0 Å². The molecule has 11 atom stereocenters. The second-order valence-corrected chi connectivity index (χ2v) is 12.5. The van der Waals surface area contributed by atoms with E-state index in [9.17, 15) is 30.3 Å². The second-order valence-electron chi connectivity index (χ2n) is 12.5. The van der Waals surface area contributed by atoms with Crippen LogP contribution in [0.2, 0.25) is 0 Å². The molecule has 11 heteroatoms. The Kier molecular flexibility index (Phi) is 5.13. The molecule has 6 bridgehead atoms. The predicted molar refractivity (Wildman–Crippen MR) is 127 cm³/mol. The Balaban J connectivity index is 1.38. The number of rotatable bonds is 6. The lowest BCUT2D eigenvalue weighted by Crippen LogP contribution is -2.87. The van der Waals surface area contributed by atoms with E-state index in [0.29, 0.717) is 5.56 Å². The number of carbonyl (C=O) groups is 1. The van der Waals surface area contributed by atoms with E-state index in [4.69, 9.17) is 23.7 Å². The molecule has 3 aliphatic carbocycles. The van der Waals surface area contributed by atoms with Gasteiger partial charge in [0, 0.05) is 12.3 Å². The number of esters is 1. The van der Waals surface area contributed by atoms with Crippen molar-refractivity contribution in [3.63, 3.8) is 0 Å². The largest absolute Gasteiger partial charge is 0.461 e. The molecule has 4 heterocycles. The number of carbonyl (C=O) groups excluding carboxylic acids is 1. The van der Waals surface area contributed by atoms with E-state index in [0.717, 1.165) is 0 Å². The zero-order valence-corrected chi connectivity index (χ0v) is 22.1. The Labute approximate surface area is 220 Å². The molecule has 0 aromatic heterocycles. The van der Waals surface area contributed by atoms with Gasteiger partial charge in [0.1, 0.15) is 34.6 Å². The van der Waals surface area contributed by atoms with E-state index in [-0.39, 0.29) is 19.4 Å². The lowest BCUT2D eigenvalue weighted by molar-refractivity contribution is -0.493. The third-order valence-corrected chi connectivity index (χ3v) is 10.8. The number of hydrogen-bond acceptors (Lipinski definition) is 11. The summed E-state index contributed by atoms with van der Waals surface area (Å²) < 4.78 is 30.7. The Morgan fingerprint density at radius 3 is 2.26 bits per heavy atom. The molecule has 0 spiro atoms. The Morgan fingerprint density at radius 2 is 1.63 bits per heavy atom. The molecule has 3 saturated carbocycles. The second kappa shape index (κ2) is 7.34. The molecule has 4 aliphatic heterocycles. The first-order valence-electron chi connectivity index (χ1n) is 12.9. The Bertz CT molecular complexity index is 1170. The number of benzene rings is 1. The van der Waals surface area contributed by atoms with Gasteiger partial charge in [0.2, 0.25) is 0 Å². The van der Waals surface area contributed by atoms with Crippen LogP contribution in [-0.2, 0) is 23.7 Å². The summed E-state index contributed by atoms with van der Waals surface area (Å²) in [5.74, 6) is -4.53. The molecule has 5 N–H and O–H groups in total. The Morgan fingerprint density at radius 1 is 0.974 bits per heavy atom. The molecule has 0 amide bonds. The van der Waals surface area contributed by atoms with Crippen LogP contribution >= 0.6 is 0 Å². The topological polar surface area (TPSA) is 164 Å². The summed E-state index contributed by atoms with van der Waals surface area (Å²) in [4.78, 5) is 12.9. The van der Waals surface area contributed by atoms with Crippen molar-refractivity contribution in [3.05, 3.63) is 35.9 Å². The highest BCUT2D eigenvalue weighted by atomic mass is 16.8. The molecule has 0 radical (unpaired) electrons. The van der Waals surface area contributed by atoms with Gasteiger partial charge in [-0.15, -0.1) is 0 Å². The highest BCUT2D eigenvalue weighted by Crippen LogP contribution is 2.79. The summed E-state index contributed by atoms with van der Waals surface area (Å²) in [5, 5.41) is 56.1. The first-order valence-corrected chi connectivity index (χ1v) is 12.9. The highest BCUT2D eigenvalue weighted by Gasteiger charge is 2.92. The summed E-state index contributed by atoms with van der Waals surface area (Å²) >= 11 is 0. The van der Waals surface area contributed by atoms with Crippen molar-refractivity contribution in [3.8, 4) is 0 Å². The van der Waals surface area contributed by atoms with Gasteiger partial charge in [-0.05, 0) is 53.2 Å². The van der Waals surface area contributed by atoms with Crippen molar-refractivity contribution < 1.29 is 54.0 Å². The number of ether oxygens (including phenoxy) is 5. The minimum atomic E-state index is -2.22. The molecule has 1 aromatic rings. The van der Waals surface area contributed by atoms with Crippen LogP contribution in [0.25, 0.3) is 0 Å². The van der Waals surface area contributed by atoms with Gasteiger partial charge < -0.3 is 49.2 Å². The smallest absolute Gasteiger partial charge is 0.338 e. The van der Waals surface area contributed by atoms with E-state index >= 15 is 0 Å². The highest BCUT2D eigenvalue weighted by molar-refractivity contribution is 5.89. The molecule has 38 heavy (non-hydrogen) atoms. The van der Waals surface area contributed by atoms with Crippen molar-refractivity contribution >= 4 is 5.97 Å². The van der Waals surface area contributed by atoms with Gasteiger partial charge in [-0.3, -0.25) is 0 Å². The average Bonchev–Trinajstić information content (AvgIpc) is 3.06. The fraction of sp³-hybridized carbons (Fsp3) is 0.741. The van der Waals surface area contributed by atoms with Crippen LogP contribution in [0.15, 0.2) is 30.3 Å². The standard InChI is InChI=1S/C27H36O11/c1-20(13-28)21(2,30)22(3,31)23(4,32)24(5,37-20)38-26-11-16-25(26,19-35-17(26)12-27(16,33)36-19)14-34-18(29)15-9-7-6-8-10-15/h6-10,16-17,19,28,30-33H,11-14H2,1-5H3/t16-,17+,19?,20?,21-,22-,23?,24+,25?,26-,27-/m1/s1. The van der Waals surface area contributed by atoms with Crippen molar-refractivity contribution in [2.24, 2.45) is 11.3 Å².